The van der Waals surface area contributed by atoms with Crippen molar-refractivity contribution in [2.24, 2.45) is 23.7 Å². The van der Waals surface area contributed by atoms with Gasteiger partial charge in [-0.2, -0.15) is 0 Å². The van der Waals surface area contributed by atoms with E-state index in [0.29, 0.717) is 11.8 Å². The lowest BCUT2D eigenvalue weighted by atomic mass is 9.70. The van der Waals surface area contributed by atoms with Crippen LogP contribution < -0.4 is 0 Å². The molecule has 3 aliphatic rings. The SMILES string of the molecule is O[C@@H]1[C@@H]2C[C@@H]3CCC[C@H]1[C@@H]3C2. The minimum Gasteiger partial charge on any atom is -0.393 e. The Labute approximate surface area is 67.8 Å². The lowest BCUT2D eigenvalue weighted by molar-refractivity contribution is 0.0124. The van der Waals surface area contributed by atoms with Gasteiger partial charge in [0.1, 0.15) is 0 Å². The molecule has 0 amide bonds. The van der Waals surface area contributed by atoms with Crippen molar-refractivity contribution < 1.29 is 5.11 Å². The minimum atomic E-state index is 0.0940. The van der Waals surface area contributed by atoms with Gasteiger partial charge < -0.3 is 5.11 Å². The normalized spacial score (nSPS) is 60.3. The van der Waals surface area contributed by atoms with Crippen LogP contribution >= 0.6 is 0 Å². The summed E-state index contributed by atoms with van der Waals surface area (Å²) in [7, 11) is 0. The third kappa shape index (κ3) is 0.703. The molecule has 0 saturated heterocycles. The largest absolute Gasteiger partial charge is 0.393 e. The van der Waals surface area contributed by atoms with Gasteiger partial charge in [0.05, 0.1) is 6.10 Å². The second-order valence-corrected chi connectivity index (χ2v) is 4.74. The van der Waals surface area contributed by atoms with Crippen LogP contribution in [0.2, 0.25) is 0 Å². The maximum atomic E-state index is 9.83. The molecule has 0 spiro atoms. The Morgan fingerprint density at radius 2 is 1.82 bits per heavy atom. The van der Waals surface area contributed by atoms with Crippen LogP contribution in [0, 0.1) is 23.7 Å². The van der Waals surface area contributed by atoms with E-state index in [1.165, 1.54) is 32.1 Å². The highest BCUT2D eigenvalue weighted by molar-refractivity contribution is 5.02. The highest BCUT2D eigenvalue weighted by Crippen LogP contribution is 2.57. The van der Waals surface area contributed by atoms with E-state index in [0.717, 1.165) is 11.8 Å². The maximum absolute atomic E-state index is 9.83. The van der Waals surface area contributed by atoms with Gasteiger partial charge in [-0.05, 0) is 42.9 Å². The van der Waals surface area contributed by atoms with Crippen LogP contribution in [-0.2, 0) is 0 Å². The van der Waals surface area contributed by atoms with E-state index in [2.05, 4.69) is 0 Å². The summed E-state index contributed by atoms with van der Waals surface area (Å²) in [6.45, 7) is 0. The van der Waals surface area contributed by atoms with Gasteiger partial charge in [-0.3, -0.25) is 0 Å². The standard InChI is InChI=1S/C10H16O/c11-10-7-4-6-2-1-3-8(10)9(6)5-7/h6-11H,1-5H2/t6-,7+,8-,9+,10+/m0/s1. The first-order valence-electron chi connectivity index (χ1n) is 5.04. The molecular formula is C10H16O. The molecule has 0 radical (unpaired) electrons. The summed E-state index contributed by atoms with van der Waals surface area (Å²) >= 11 is 0. The monoisotopic (exact) mass is 152 g/mol. The van der Waals surface area contributed by atoms with E-state index in [4.69, 9.17) is 0 Å². The van der Waals surface area contributed by atoms with Crippen LogP contribution in [0.3, 0.4) is 0 Å². The highest BCUT2D eigenvalue weighted by atomic mass is 16.3. The molecule has 1 heteroatoms. The first-order chi connectivity index (χ1) is 5.36. The molecule has 5 atom stereocenters. The number of aliphatic hydroxyl groups excluding tert-OH is 1. The van der Waals surface area contributed by atoms with Crippen molar-refractivity contribution >= 4 is 0 Å². The Bertz CT molecular complexity index is 174. The molecule has 62 valence electrons. The Balaban J connectivity index is 1.92. The summed E-state index contributed by atoms with van der Waals surface area (Å²) in [5.74, 6) is 3.37. The molecule has 0 aromatic rings. The molecule has 0 unspecified atom stereocenters. The summed E-state index contributed by atoms with van der Waals surface area (Å²) in [5.41, 5.74) is 0. The number of aliphatic hydroxyl groups is 1. The molecule has 0 heterocycles. The molecule has 11 heavy (non-hydrogen) atoms. The number of rotatable bonds is 0. The summed E-state index contributed by atoms with van der Waals surface area (Å²) in [4.78, 5) is 0. The second-order valence-electron chi connectivity index (χ2n) is 4.74. The first kappa shape index (κ1) is 6.47. The van der Waals surface area contributed by atoms with Gasteiger partial charge in [-0.1, -0.05) is 12.8 Å². The van der Waals surface area contributed by atoms with Crippen molar-refractivity contribution in [1.29, 1.82) is 0 Å². The van der Waals surface area contributed by atoms with Crippen LogP contribution in [0.25, 0.3) is 0 Å². The van der Waals surface area contributed by atoms with E-state index in [1.807, 2.05) is 0 Å². The van der Waals surface area contributed by atoms with E-state index in [1.54, 1.807) is 0 Å². The quantitative estimate of drug-likeness (QED) is 0.561. The predicted octanol–water partition coefficient (Wildman–Crippen LogP) is 1.80. The van der Waals surface area contributed by atoms with E-state index in [-0.39, 0.29) is 6.10 Å². The molecular weight excluding hydrogens is 136 g/mol. The fraction of sp³-hybridized carbons (Fsp3) is 1.00. The molecule has 2 bridgehead atoms. The van der Waals surface area contributed by atoms with Crippen LogP contribution in [0.5, 0.6) is 0 Å². The van der Waals surface area contributed by atoms with Crippen LogP contribution in [0.1, 0.15) is 32.1 Å². The number of hydrogen-bond donors (Lipinski definition) is 1. The molecule has 0 aliphatic heterocycles. The number of hydrogen-bond acceptors (Lipinski definition) is 1. The molecule has 0 aromatic carbocycles. The zero-order valence-electron chi connectivity index (χ0n) is 6.87. The molecule has 3 aliphatic carbocycles. The van der Waals surface area contributed by atoms with E-state index in [9.17, 15) is 5.11 Å². The number of fused-ring (bicyclic) bond motifs is 1. The van der Waals surface area contributed by atoms with Gasteiger partial charge in [0.25, 0.3) is 0 Å². The summed E-state index contributed by atoms with van der Waals surface area (Å²) in [6, 6.07) is 0. The summed E-state index contributed by atoms with van der Waals surface area (Å²) in [5, 5.41) is 9.83. The predicted molar refractivity (Wildman–Crippen MR) is 43.1 cm³/mol. The molecule has 3 saturated carbocycles. The molecule has 3 rings (SSSR count). The zero-order valence-corrected chi connectivity index (χ0v) is 6.87. The lowest BCUT2D eigenvalue weighted by Crippen LogP contribution is -2.35. The fourth-order valence-electron chi connectivity index (χ4n) is 3.94. The molecule has 1 N–H and O–H groups in total. The maximum Gasteiger partial charge on any atom is 0.0599 e. The average molecular weight is 152 g/mol. The van der Waals surface area contributed by atoms with Crippen molar-refractivity contribution in [3.63, 3.8) is 0 Å². The fourth-order valence-corrected chi connectivity index (χ4v) is 3.94. The Morgan fingerprint density at radius 3 is 2.55 bits per heavy atom. The van der Waals surface area contributed by atoms with Gasteiger partial charge in [0, 0.05) is 0 Å². The van der Waals surface area contributed by atoms with Gasteiger partial charge in [-0.25, -0.2) is 0 Å². The van der Waals surface area contributed by atoms with Gasteiger partial charge in [0.15, 0.2) is 0 Å². The minimum absolute atomic E-state index is 0.0940. The smallest absolute Gasteiger partial charge is 0.0599 e. The zero-order chi connectivity index (χ0) is 7.42. The molecule has 1 nitrogen and oxygen atoms in total. The summed E-state index contributed by atoms with van der Waals surface area (Å²) in [6.07, 6.45) is 6.97. The Morgan fingerprint density at radius 1 is 0.909 bits per heavy atom. The topological polar surface area (TPSA) is 20.2 Å². The van der Waals surface area contributed by atoms with Crippen molar-refractivity contribution in [1.82, 2.24) is 0 Å². The third-order valence-corrected chi connectivity index (χ3v) is 4.37. The third-order valence-electron chi connectivity index (χ3n) is 4.37. The molecule has 0 aromatic heterocycles. The Kier molecular flexibility index (Phi) is 1.18. The van der Waals surface area contributed by atoms with Gasteiger partial charge >= 0.3 is 0 Å². The van der Waals surface area contributed by atoms with Crippen molar-refractivity contribution in [2.75, 3.05) is 0 Å². The lowest BCUT2D eigenvalue weighted by Gasteiger charge is -2.37. The van der Waals surface area contributed by atoms with Crippen molar-refractivity contribution in [2.45, 2.75) is 38.2 Å². The van der Waals surface area contributed by atoms with Gasteiger partial charge in [-0.15, -0.1) is 0 Å². The average Bonchev–Trinajstić information content (AvgIpc) is 2.53. The first-order valence-corrected chi connectivity index (χ1v) is 5.04. The van der Waals surface area contributed by atoms with E-state index < -0.39 is 0 Å². The van der Waals surface area contributed by atoms with Crippen molar-refractivity contribution in [3.8, 4) is 0 Å². The van der Waals surface area contributed by atoms with Crippen LogP contribution in [0.15, 0.2) is 0 Å². The summed E-state index contributed by atoms with van der Waals surface area (Å²) < 4.78 is 0. The van der Waals surface area contributed by atoms with Crippen molar-refractivity contribution in [3.05, 3.63) is 0 Å². The van der Waals surface area contributed by atoms with Gasteiger partial charge in [0.2, 0.25) is 0 Å². The van der Waals surface area contributed by atoms with Crippen LogP contribution in [-0.4, -0.2) is 11.2 Å². The van der Waals surface area contributed by atoms with E-state index >= 15 is 0 Å². The highest BCUT2D eigenvalue weighted by Gasteiger charge is 2.52. The Hall–Kier alpha value is -0.0400. The second kappa shape index (κ2) is 2.01. The molecule has 3 fully saturated rings. The van der Waals surface area contributed by atoms with Crippen LogP contribution in [0.4, 0.5) is 0 Å².